The summed E-state index contributed by atoms with van der Waals surface area (Å²) in [5, 5.41) is 0. The van der Waals surface area contributed by atoms with Crippen LogP contribution in [0, 0.1) is 5.82 Å². The molecular weight excluding hydrogens is 271 g/mol. The number of hydrazine groups is 1. The summed E-state index contributed by atoms with van der Waals surface area (Å²) in [6, 6.07) is 13.4. The molecule has 0 aliphatic rings. The number of nitrogens with two attached hydrogens (primary N) is 1. The topological polar surface area (TPSA) is 64.4 Å². The van der Waals surface area contributed by atoms with Crippen LogP contribution in [0.1, 0.15) is 24.0 Å². The Bertz CT molecular complexity index is 614. The van der Waals surface area contributed by atoms with E-state index in [-0.39, 0.29) is 17.6 Å². The maximum Gasteiger partial charge on any atom is 0.241 e. The molecule has 0 heterocycles. The Kier molecular flexibility index (Phi) is 4.90. The van der Waals surface area contributed by atoms with E-state index < -0.39 is 0 Å². The molecule has 0 saturated carbocycles. The molecule has 4 nitrogen and oxygen atoms in total. The molecule has 0 bridgehead atoms. The number of carbonyl (C=O) groups excluding carboxylic acids is 1. The van der Waals surface area contributed by atoms with Gasteiger partial charge in [0.25, 0.3) is 0 Å². The molecule has 5 heteroatoms. The summed E-state index contributed by atoms with van der Waals surface area (Å²) >= 11 is 0. The number of halogens is 1. The van der Waals surface area contributed by atoms with Gasteiger partial charge in [-0.05, 0) is 30.2 Å². The highest BCUT2D eigenvalue weighted by molar-refractivity contribution is 5.82. The van der Waals surface area contributed by atoms with Gasteiger partial charge in [0.1, 0.15) is 18.2 Å². The Labute approximate surface area is 122 Å². The number of nitrogens with one attached hydrogen (secondary N) is 1. The van der Waals surface area contributed by atoms with E-state index in [4.69, 9.17) is 10.6 Å². The molecule has 3 N–H and O–H groups in total. The van der Waals surface area contributed by atoms with E-state index in [2.05, 4.69) is 5.43 Å². The van der Waals surface area contributed by atoms with E-state index in [0.717, 1.165) is 11.1 Å². The van der Waals surface area contributed by atoms with Gasteiger partial charge < -0.3 is 4.74 Å². The fraction of sp³-hybridized carbons (Fsp3) is 0.188. The van der Waals surface area contributed by atoms with Gasteiger partial charge in [0, 0.05) is 6.07 Å². The predicted molar refractivity (Wildman–Crippen MR) is 77.9 cm³/mol. The number of carbonyl (C=O) groups is 1. The normalized spacial score (nSPS) is 11.8. The standard InChI is InChI=1S/C16H17FN2O2/c1-11(16(20)19-18)13-7-5-12(6-8-13)10-21-15-4-2-3-14(17)9-15/h2-9,11H,10,18H2,1H3,(H,19,20). The summed E-state index contributed by atoms with van der Waals surface area (Å²) in [6.07, 6.45) is 0. The lowest BCUT2D eigenvalue weighted by Crippen LogP contribution is -2.33. The molecule has 0 aliphatic heterocycles. The molecule has 0 saturated heterocycles. The summed E-state index contributed by atoms with van der Waals surface area (Å²) in [4.78, 5) is 11.4. The molecule has 1 amide bonds. The van der Waals surface area contributed by atoms with Crippen molar-refractivity contribution in [3.63, 3.8) is 0 Å². The molecule has 0 spiro atoms. The SMILES string of the molecule is CC(C(=O)NN)c1ccc(COc2cccc(F)c2)cc1. The molecule has 2 rings (SSSR count). The minimum absolute atomic E-state index is 0.237. The van der Waals surface area contributed by atoms with Crippen LogP contribution >= 0.6 is 0 Å². The Balaban J connectivity index is 1.98. The molecule has 2 aromatic carbocycles. The first kappa shape index (κ1) is 15.0. The summed E-state index contributed by atoms with van der Waals surface area (Å²) in [6.45, 7) is 2.11. The van der Waals surface area contributed by atoms with Gasteiger partial charge in [-0.1, -0.05) is 30.3 Å². The van der Waals surface area contributed by atoms with Crippen molar-refractivity contribution in [1.29, 1.82) is 0 Å². The number of rotatable bonds is 5. The molecule has 0 fully saturated rings. The highest BCUT2D eigenvalue weighted by Crippen LogP contribution is 2.18. The van der Waals surface area contributed by atoms with Crippen LogP contribution in [0.3, 0.4) is 0 Å². The highest BCUT2D eigenvalue weighted by Gasteiger charge is 2.13. The fourth-order valence-electron chi connectivity index (χ4n) is 1.90. The largest absolute Gasteiger partial charge is 0.489 e. The molecule has 21 heavy (non-hydrogen) atoms. The van der Waals surface area contributed by atoms with Crippen molar-refractivity contribution in [2.24, 2.45) is 5.84 Å². The van der Waals surface area contributed by atoms with Gasteiger partial charge in [-0.25, -0.2) is 10.2 Å². The maximum atomic E-state index is 13.0. The van der Waals surface area contributed by atoms with Gasteiger partial charge in [0.15, 0.2) is 0 Å². The third kappa shape index (κ3) is 4.03. The number of amides is 1. The van der Waals surface area contributed by atoms with Crippen LogP contribution < -0.4 is 16.0 Å². The summed E-state index contributed by atoms with van der Waals surface area (Å²) in [5.74, 6) is 4.72. The zero-order valence-corrected chi connectivity index (χ0v) is 11.7. The first-order chi connectivity index (χ1) is 10.1. The Morgan fingerprint density at radius 2 is 2.00 bits per heavy atom. The van der Waals surface area contributed by atoms with Crippen molar-refractivity contribution in [2.45, 2.75) is 19.4 Å². The number of benzene rings is 2. The molecule has 0 aromatic heterocycles. The van der Waals surface area contributed by atoms with E-state index in [1.54, 1.807) is 19.1 Å². The van der Waals surface area contributed by atoms with Crippen molar-refractivity contribution in [3.05, 3.63) is 65.5 Å². The van der Waals surface area contributed by atoms with Crippen molar-refractivity contribution in [1.82, 2.24) is 5.43 Å². The molecule has 1 unspecified atom stereocenters. The predicted octanol–water partition coefficient (Wildman–Crippen LogP) is 2.50. The first-order valence-electron chi connectivity index (χ1n) is 6.58. The third-order valence-electron chi connectivity index (χ3n) is 3.22. The van der Waals surface area contributed by atoms with Crippen molar-refractivity contribution < 1.29 is 13.9 Å². The van der Waals surface area contributed by atoms with Crippen molar-refractivity contribution in [2.75, 3.05) is 0 Å². The van der Waals surface area contributed by atoms with Crippen LogP contribution in [0.25, 0.3) is 0 Å². The zero-order chi connectivity index (χ0) is 15.2. The minimum Gasteiger partial charge on any atom is -0.489 e. The molecular formula is C16H17FN2O2. The lowest BCUT2D eigenvalue weighted by atomic mass is 9.99. The van der Waals surface area contributed by atoms with Gasteiger partial charge in [-0.15, -0.1) is 0 Å². The van der Waals surface area contributed by atoms with Crippen molar-refractivity contribution >= 4 is 5.91 Å². The van der Waals surface area contributed by atoms with Crippen LogP contribution in [0.4, 0.5) is 4.39 Å². The van der Waals surface area contributed by atoms with Gasteiger partial charge in [0.2, 0.25) is 5.91 Å². The average Bonchev–Trinajstić information content (AvgIpc) is 2.52. The van der Waals surface area contributed by atoms with Crippen LogP contribution in [0.2, 0.25) is 0 Å². The van der Waals surface area contributed by atoms with Crippen molar-refractivity contribution in [3.8, 4) is 5.75 Å². The smallest absolute Gasteiger partial charge is 0.241 e. The monoisotopic (exact) mass is 288 g/mol. The molecule has 0 radical (unpaired) electrons. The van der Waals surface area contributed by atoms with Crippen LogP contribution in [-0.2, 0) is 11.4 Å². The van der Waals surface area contributed by atoms with E-state index in [9.17, 15) is 9.18 Å². The Hall–Kier alpha value is -2.40. The van der Waals surface area contributed by atoms with E-state index in [0.29, 0.717) is 12.4 Å². The summed E-state index contributed by atoms with van der Waals surface area (Å²) in [5.41, 5.74) is 3.93. The molecule has 110 valence electrons. The van der Waals surface area contributed by atoms with Gasteiger partial charge in [0.05, 0.1) is 5.92 Å². The van der Waals surface area contributed by atoms with Gasteiger partial charge in [-0.3, -0.25) is 10.2 Å². The Morgan fingerprint density at radius 3 is 2.62 bits per heavy atom. The Morgan fingerprint density at radius 1 is 1.29 bits per heavy atom. The molecule has 2 aromatic rings. The van der Waals surface area contributed by atoms with E-state index in [1.807, 2.05) is 24.3 Å². The lowest BCUT2D eigenvalue weighted by Gasteiger charge is -2.11. The number of hydrogen-bond acceptors (Lipinski definition) is 3. The minimum atomic E-state index is -0.329. The van der Waals surface area contributed by atoms with E-state index in [1.165, 1.54) is 12.1 Å². The average molecular weight is 288 g/mol. The quantitative estimate of drug-likeness (QED) is 0.505. The van der Waals surface area contributed by atoms with Crippen LogP contribution in [0.5, 0.6) is 5.75 Å². The number of ether oxygens (including phenoxy) is 1. The first-order valence-corrected chi connectivity index (χ1v) is 6.58. The highest BCUT2D eigenvalue weighted by atomic mass is 19.1. The second-order valence-electron chi connectivity index (χ2n) is 4.72. The van der Waals surface area contributed by atoms with E-state index >= 15 is 0 Å². The lowest BCUT2D eigenvalue weighted by molar-refractivity contribution is -0.122. The second kappa shape index (κ2) is 6.85. The molecule has 0 aliphatic carbocycles. The van der Waals surface area contributed by atoms with Gasteiger partial charge >= 0.3 is 0 Å². The maximum absolute atomic E-state index is 13.0. The zero-order valence-electron chi connectivity index (χ0n) is 11.7. The number of hydrogen-bond donors (Lipinski definition) is 2. The summed E-state index contributed by atoms with van der Waals surface area (Å²) in [7, 11) is 0. The van der Waals surface area contributed by atoms with Crippen LogP contribution in [-0.4, -0.2) is 5.91 Å². The fourth-order valence-corrected chi connectivity index (χ4v) is 1.90. The summed E-state index contributed by atoms with van der Waals surface area (Å²) < 4.78 is 18.5. The second-order valence-corrected chi connectivity index (χ2v) is 4.72. The van der Waals surface area contributed by atoms with Crippen LogP contribution in [0.15, 0.2) is 48.5 Å². The molecule has 1 atom stereocenters. The van der Waals surface area contributed by atoms with Gasteiger partial charge in [-0.2, -0.15) is 0 Å². The third-order valence-corrected chi connectivity index (χ3v) is 3.22.